The molecule has 2 heteroatoms. The zero-order chi connectivity index (χ0) is 7.84. The van der Waals surface area contributed by atoms with Gasteiger partial charge in [-0.3, -0.25) is 0 Å². The van der Waals surface area contributed by atoms with Gasteiger partial charge in [-0.15, -0.1) is 0 Å². The Morgan fingerprint density at radius 1 is 1.64 bits per heavy atom. The van der Waals surface area contributed by atoms with Gasteiger partial charge in [0.1, 0.15) is 12.3 Å². The van der Waals surface area contributed by atoms with Gasteiger partial charge in [-0.05, 0) is 18.1 Å². The zero-order valence-electron chi connectivity index (χ0n) is 6.29. The lowest BCUT2D eigenvalue weighted by Gasteiger charge is -2.28. The van der Waals surface area contributed by atoms with Crippen molar-refractivity contribution in [3.63, 3.8) is 0 Å². The molecular formula is C9H11FO. The predicted molar refractivity (Wildman–Crippen MR) is 40.8 cm³/mol. The topological polar surface area (TPSA) is 9.23 Å². The van der Waals surface area contributed by atoms with E-state index in [0.29, 0.717) is 12.8 Å². The molecule has 1 heterocycles. The fraction of sp³-hybridized carbons (Fsp3) is 0.556. The predicted octanol–water partition coefficient (Wildman–Crippen LogP) is 2.20. The van der Waals surface area contributed by atoms with Crippen molar-refractivity contribution in [2.45, 2.75) is 25.1 Å². The van der Waals surface area contributed by atoms with Crippen LogP contribution in [0.1, 0.15) is 12.8 Å². The van der Waals surface area contributed by atoms with Crippen LogP contribution < -0.4 is 0 Å². The largest absolute Gasteiger partial charge is 0.493 e. The first-order valence-corrected chi connectivity index (χ1v) is 3.91. The van der Waals surface area contributed by atoms with Crippen LogP contribution in [0.3, 0.4) is 0 Å². The molecule has 0 spiro atoms. The molecule has 1 aliphatic carbocycles. The molecule has 0 bridgehead atoms. The summed E-state index contributed by atoms with van der Waals surface area (Å²) in [4.78, 5) is 0. The van der Waals surface area contributed by atoms with Gasteiger partial charge in [0, 0.05) is 12.3 Å². The van der Waals surface area contributed by atoms with E-state index in [-0.39, 0.29) is 12.0 Å². The van der Waals surface area contributed by atoms with Gasteiger partial charge in [0.2, 0.25) is 0 Å². The van der Waals surface area contributed by atoms with Crippen molar-refractivity contribution in [3.05, 3.63) is 24.5 Å². The molecule has 2 aliphatic rings. The minimum absolute atomic E-state index is 0.0713. The molecule has 3 atom stereocenters. The first-order valence-electron chi connectivity index (χ1n) is 3.91. The molecule has 1 fully saturated rings. The highest BCUT2D eigenvalue weighted by Gasteiger charge is 2.35. The van der Waals surface area contributed by atoms with Crippen LogP contribution in [-0.2, 0) is 4.74 Å². The lowest BCUT2D eigenvalue weighted by atomic mass is 9.83. The molecule has 0 aromatic heterocycles. The van der Waals surface area contributed by atoms with Gasteiger partial charge in [0.15, 0.2) is 0 Å². The Morgan fingerprint density at radius 3 is 3.27 bits per heavy atom. The first-order chi connectivity index (χ1) is 5.27. The van der Waals surface area contributed by atoms with E-state index >= 15 is 0 Å². The molecule has 3 unspecified atom stereocenters. The second kappa shape index (κ2) is 2.36. The van der Waals surface area contributed by atoms with Crippen LogP contribution in [0.15, 0.2) is 24.5 Å². The van der Waals surface area contributed by atoms with Crippen molar-refractivity contribution in [1.29, 1.82) is 0 Å². The van der Waals surface area contributed by atoms with Gasteiger partial charge in [0.25, 0.3) is 0 Å². The molecule has 0 amide bonds. The summed E-state index contributed by atoms with van der Waals surface area (Å²) >= 11 is 0. The molecule has 1 nitrogen and oxygen atoms in total. The summed E-state index contributed by atoms with van der Waals surface area (Å²) in [5, 5.41) is 0. The highest BCUT2D eigenvalue weighted by molar-refractivity contribution is 5.17. The van der Waals surface area contributed by atoms with Crippen molar-refractivity contribution in [3.8, 4) is 0 Å². The number of hydrogen-bond donors (Lipinski definition) is 0. The minimum atomic E-state index is -0.713. The van der Waals surface area contributed by atoms with Crippen LogP contribution in [0, 0.1) is 5.92 Å². The smallest absolute Gasteiger partial charge is 0.125 e. The number of halogens is 1. The van der Waals surface area contributed by atoms with Gasteiger partial charge in [-0.25, -0.2) is 4.39 Å². The fourth-order valence-corrected chi connectivity index (χ4v) is 1.81. The summed E-state index contributed by atoms with van der Waals surface area (Å²) in [5.74, 6) is 0.242. The van der Waals surface area contributed by atoms with Gasteiger partial charge in [0.05, 0.1) is 6.26 Å². The second-order valence-corrected chi connectivity index (χ2v) is 3.24. The van der Waals surface area contributed by atoms with E-state index in [1.165, 1.54) is 0 Å². The van der Waals surface area contributed by atoms with Crippen LogP contribution in [0.4, 0.5) is 4.39 Å². The Hall–Kier alpha value is -0.790. The number of fused-ring (bicyclic) bond motifs is 1. The fourth-order valence-electron chi connectivity index (χ4n) is 1.81. The van der Waals surface area contributed by atoms with Crippen molar-refractivity contribution in [2.75, 3.05) is 0 Å². The Morgan fingerprint density at radius 2 is 2.45 bits per heavy atom. The standard InChI is InChI=1S/C9H11FO/c1-6-4-8(10)5-7-2-3-11-9(6)7/h2-3,7-9H,1,4-5H2. The highest BCUT2D eigenvalue weighted by Crippen LogP contribution is 2.36. The second-order valence-electron chi connectivity index (χ2n) is 3.24. The van der Waals surface area contributed by atoms with Crippen LogP contribution >= 0.6 is 0 Å². The summed E-state index contributed by atoms with van der Waals surface area (Å²) in [6, 6.07) is 0. The van der Waals surface area contributed by atoms with E-state index in [0.717, 1.165) is 5.57 Å². The molecule has 1 aliphatic heterocycles. The molecule has 0 saturated heterocycles. The van der Waals surface area contributed by atoms with Crippen LogP contribution in [0.25, 0.3) is 0 Å². The van der Waals surface area contributed by atoms with E-state index in [9.17, 15) is 4.39 Å². The van der Waals surface area contributed by atoms with Crippen LogP contribution in [-0.4, -0.2) is 12.3 Å². The summed E-state index contributed by atoms with van der Waals surface area (Å²) in [6.45, 7) is 3.80. The maximum atomic E-state index is 12.9. The number of ether oxygens (including phenoxy) is 1. The van der Waals surface area contributed by atoms with Gasteiger partial charge >= 0.3 is 0 Å². The number of alkyl halides is 1. The van der Waals surface area contributed by atoms with Crippen molar-refractivity contribution in [2.24, 2.45) is 5.92 Å². The van der Waals surface area contributed by atoms with E-state index in [4.69, 9.17) is 4.74 Å². The van der Waals surface area contributed by atoms with Crippen LogP contribution in [0.5, 0.6) is 0 Å². The number of rotatable bonds is 0. The lowest BCUT2D eigenvalue weighted by Crippen LogP contribution is -2.28. The molecule has 0 radical (unpaired) electrons. The molecule has 60 valence electrons. The van der Waals surface area contributed by atoms with E-state index < -0.39 is 6.17 Å². The summed E-state index contributed by atoms with van der Waals surface area (Å²) < 4.78 is 18.2. The van der Waals surface area contributed by atoms with Gasteiger partial charge in [-0.1, -0.05) is 6.58 Å². The monoisotopic (exact) mass is 154 g/mol. The van der Waals surface area contributed by atoms with E-state index in [2.05, 4.69) is 6.58 Å². The molecule has 0 N–H and O–H groups in total. The van der Waals surface area contributed by atoms with Crippen molar-refractivity contribution in [1.82, 2.24) is 0 Å². The Bertz CT molecular complexity index is 210. The van der Waals surface area contributed by atoms with E-state index in [1.54, 1.807) is 6.26 Å². The SMILES string of the molecule is C=C1CC(F)CC2C=COC12. The molecule has 2 rings (SSSR count). The molecule has 0 aromatic rings. The summed E-state index contributed by atoms with van der Waals surface area (Å²) in [7, 11) is 0. The van der Waals surface area contributed by atoms with Crippen LogP contribution in [0.2, 0.25) is 0 Å². The minimum Gasteiger partial charge on any atom is -0.493 e. The molecule has 11 heavy (non-hydrogen) atoms. The Labute approximate surface area is 65.5 Å². The lowest BCUT2D eigenvalue weighted by molar-refractivity contribution is 0.114. The quantitative estimate of drug-likeness (QED) is 0.486. The summed E-state index contributed by atoms with van der Waals surface area (Å²) in [6.07, 6.45) is 4.03. The molecular weight excluding hydrogens is 143 g/mol. The van der Waals surface area contributed by atoms with Crippen molar-refractivity contribution < 1.29 is 9.13 Å². The Kier molecular flexibility index (Phi) is 1.48. The summed E-state index contributed by atoms with van der Waals surface area (Å²) in [5.41, 5.74) is 0.902. The zero-order valence-corrected chi connectivity index (χ0v) is 6.29. The average Bonchev–Trinajstić information content (AvgIpc) is 2.34. The third-order valence-electron chi connectivity index (χ3n) is 2.35. The highest BCUT2D eigenvalue weighted by atomic mass is 19.1. The number of hydrogen-bond acceptors (Lipinski definition) is 1. The van der Waals surface area contributed by atoms with Crippen molar-refractivity contribution >= 4 is 0 Å². The average molecular weight is 154 g/mol. The van der Waals surface area contributed by atoms with Gasteiger partial charge in [-0.2, -0.15) is 0 Å². The normalized spacial score (nSPS) is 41.9. The first kappa shape index (κ1) is 6.89. The Balaban J connectivity index is 2.14. The third kappa shape index (κ3) is 1.06. The third-order valence-corrected chi connectivity index (χ3v) is 2.35. The molecule has 0 aromatic carbocycles. The molecule has 1 saturated carbocycles. The van der Waals surface area contributed by atoms with E-state index in [1.807, 2.05) is 6.08 Å². The van der Waals surface area contributed by atoms with Gasteiger partial charge < -0.3 is 4.74 Å². The maximum absolute atomic E-state index is 12.9. The maximum Gasteiger partial charge on any atom is 0.125 e.